The standard InChI is InChI=1S/C21H23NO5/c1-2-26-19-12-15(8-9-18(19)27-13-20(23)24)21(25)22-17-10-16(11-17)14-6-4-3-5-7-14/h3-9,12,16-17H,2,10-11,13H2,1H3,(H,22,25)(H,23,24). The normalized spacial score (nSPS) is 18.3. The van der Waals surface area contributed by atoms with E-state index in [1.54, 1.807) is 18.2 Å². The molecule has 2 aromatic carbocycles. The van der Waals surface area contributed by atoms with Gasteiger partial charge in [-0.05, 0) is 49.4 Å². The second-order valence-electron chi connectivity index (χ2n) is 6.53. The summed E-state index contributed by atoms with van der Waals surface area (Å²) in [6.07, 6.45) is 1.85. The lowest BCUT2D eigenvalue weighted by atomic mass is 9.76. The van der Waals surface area contributed by atoms with Crippen LogP contribution in [-0.4, -0.2) is 36.2 Å². The minimum atomic E-state index is -1.07. The molecule has 0 radical (unpaired) electrons. The highest BCUT2D eigenvalue weighted by atomic mass is 16.5. The highest BCUT2D eigenvalue weighted by molar-refractivity contribution is 5.95. The van der Waals surface area contributed by atoms with Crippen molar-refractivity contribution in [3.63, 3.8) is 0 Å². The molecular formula is C21H23NO5. The van der Waals surface area contributed by atoms with Crippen molar-refractivity contribution in [3.8, 4) is 11.5 Å². The lowest BCUT2D eigenvalue weighted by Gasteiger charge is -2.36. The molecule has 1 saturated carbocycles. The summed E-state index contributed by atoms with van der Waals surface area (Å²) >= 11 is 0. The van der Waals surface area contributed by atoms with Crippen LogP contribution in [0.25, 0.3) is 0 Å². The van der Waals surface area contributed by atoms with Gasteiger partial charge in [0.2, 0.25) is 0 Å². The molecule has 0 unspecified atom stereocenters. The van der Waals surface area contributed by atoms with Gasteiger partial charge in [-0.15, -0.1) is 0 Å². The number of hydrogen-bond acceptors (Lipinski definition) is 4. The molecule has 6 heteroatoms. The van der Waals surface area contributed by atoms with Gasteiger partial charge in [0.25, 0.3) is 5.91 Å². The van der Waals surface area contributed by atoms with Gasteiger partial charge in [0.1, 0.15) is 0 Å². The van der Waals surface area contributed by atoms with E-state index in [9.17, 15) is 9.59 Å². The summed E-state index contributed by atoms with van der Waals surface area (Å²) in [6, 6.07) is 15.2. The van der Waals surface area contributed by atoms with Gasteiger partial charge in [-0.2, -0.15) is 0 Å². The molecule has 0 aliphatic heterocycles. The van der Waals surface area contributed by atoms with E-state index in [0.717, 1.165) is 12.8 Å². The molecule has 2 aromatic rings. The number of rotatable bonds is 8. The fraction of sp³-hybridized carbons (Fsp3) is 0.333. The minimum absolute atomic E-state index is 0.154. The molecule has 1 aliphatic carbocycles. The van der Waals surface area contributed by atoms with Crippen LogP contribution in [0.15, 0.2) is 48.5 Å². The Bertz CT molecular complexity index is 799. The van der Waals surface area contributed by atoms with E-state index in [-0.39, 0.29) is 11.9 Å². The summed E-state index contributed by atoms with van der Waals surface area (Å²) in [7, 11) is 0. The largest absolute Gasteiger partial charge is 0.490 e. The third kappa shape index (κ3) is 4.78. The number of hydrogen-bond donors (Lipinski definition) is 2. The van der Waals surface area contributed by atoms with E-state index < -0.39 is 12.6 Å². The van der Waals surface area contributed by atoms with Gasteiger partial charge in [-0.1, -0.05) is 30.3 Å². The highest BCUT2D eigenvalue weighted by Gasteiger charge is 2.31. The smallest absolute Gasteiger partial charge is 0.341 e. The fourth-order valence-electron chi connectivity index (χ4n) is 3.18. The molecule has 0 spiro atoms. The number of carbonyl (C=O) groups excluding carboxylic acids is 1. The number of amides is 1. The summed E-state index contributed by atoms with van der Waals surface area (Å²) in [5.74, 6) is -0.0810. The monoisotopic (exact) mass is 369 g/mol. The quantitative estimate of drug-likeness (QED) is 0.746. The Kier molecular flexibility index (Phi) is 5.96. The van der Waals surface area contributed by atoms with E-state index >= 15 is 0 Å². The van der Waals surface area contributed by atoms with Gasteiger partial charge in [-0.25, -0.2) is 4.79 Å². The summed E-state index contributed by atoms with van der Waals surface area (Å²) in [5.41, 5.74) is 1.77. The number of carbonyl (C=O) groups is 2. The Balaban J connectivity index is 1.59. The van der Waals surface area contributed by atoms with Crippen LogP contribution in [0.5, 0.6) is 11.5 Å². The molecule has 2 N–H and O–H groups in total. The molecule has 0 heterocycles. The topological polar surface area (TPSA) is 84.9 Å². The van der Waals surface area contributed by atoms with Crippen molar-refractivity contribution in [3.05, 3.63) is 59.7 Å². The van der Waals surface area contributed by atoms with Crippen molar-refractivity contribution in [1.29, 1.82) is 0 Å². The van der Waals surface area contributed by atoms with Crippen molar-refractivity contribution in [2.75, 3.05) is 13.2 Å². The lowest BCUT2D eigenvalue weighted by molar-refractivity contribution is -0.139. The van der Waals surface area contributed by atoms with Crippen molar-refractivity contribution < 1.29 is 24.2 Å². The van der Waals surface area contributed by atoms with Crippen LogP contribution in [-0.2, 0) is 4.79 Å². The summed E-state index contributed by atoms with van der Waals surface area (Å²) in [4.78, 5) is 23.2. The Morgan fingerprint density at radius 1 is 1.07 bits per heavy atom. The maximum atomic E-state index is 12.5. The van der Waals surface area contributed by atoms with Crippen molar-refractivity contribution >= 4 is 11.9 Å². The molecule has 1 aliphatic rings. The highest BCUT2D eigenvalue weighted by Crippen LogP contribution is 2.37. The average molecular weight is 369 g/mol. The maximum Gasteiger partial charge on any atom is 0.341 e. The first-order valence-corrected chi connectivity index (χ1v) is 9.04. The Morgan fingerprint density at radius 3 is 2.48 bits per heavy atom. The van der Waals surface area contributed by atoms with Crippen LogP contribution >= 0.6 is 0 Å². The zero-order chi connectivity index (χ0) is 19.2. The molecule has 0 atom stereocenters. The third-order valence-corrected chi connectivity index (χ3v) is 4.60. The van der Waals surface area contributed by atoms with E-state index in [2.05, 4.69) is 17.4 Å². The lowest BCUT2D eigenvalue weighted by Crippen LogP contribution is -2.43. The summed E-state index contributed by atoms with van der Waals surface area (Å²) in [6.45, 7) is 1.73. The van der Waals surface area contributed by atoms with Gasteiger partial charge in [0, 0.05) is 11.6 Å². The third-order valence-electron chi connectivity index (χ3n) is 4.60. The predicted molar refractivity (Wildman–Crippen MR) is 100 cm³/mol. The molecule has 142 valence electrons. The van der Waals surface area contributed by atoms with Crippen LogP contribution in [0, 0.1) is 0 Å². The van der Waals surface area contributed by atoms with Crippen LogP contribution in [0.4, 0.5) is 0 Å². The van der Waals surface area contributed by atoms with E-state index in [4.69, 9.17) is 14.6 Å². The first-order valence-electron chi connectivity index (χ1n) is 9.04. The first kappa shape index (κ1) is 18.8. The number of nitrogens with one attached hydrogen (secondary N) is 1. The second-order valence-corrected chi connectivity index (χ2v) is 6.53. The Morgan fingerprint density at radius 2 is 1.81 bits per heavy atom. The van der Waals surface area contributed by atoms with Gasteiger partial charge >= 0.3 is 5.97 Å². The van der Waals surface area contributed by atoms with Gasteiger partial charge < -0.3 is 19.9 Å². The zero-order valence-electron chi connectivity index (χ0n) is 15.2. The van der Waals surface area contributed by atoms with Crippen molar-refractivity contribution in [1.82, 2.24) is 5.32 Å². The molecule has 27 heavy (non-hydrogen) atoms. The average Bonchev–Trinajstić information content (AvgIpc) is 2.64. The number of aliphatic carboxylic acids is 1. The van der Waals surface area contributed by atoms with Crippen LogP contribution in [0.3, 0.4) is 0 Å². The molecule has 0 bridgehead atoms. The summed E-state index contributed by atoms with van der Waals surface area (Å²) in [5, 5.41) is 11.8. The minimum Gasteiger partial charge on any atom is -0.490 e. The molecule has 3 rings (SSSR count). The fourth-order valence-corrected chi connectivity index (χ4v) is 3.18. The number of carboxylic acid groups (broad SMARTS) is 1. The molecule has 0 saturated heterocycles. The predicted octanol–water partition coefficient (Wildman–Crippen LogP) is 3.22. The Labute approximate surface area is 158 Å². The molecule has 0 aromatic heterocycles. The first-order chi connectivity index (χ1) is 13.1. The van der Waals surface area contributed by atoms with E-state index in [1.807, 2.05) is 25.1 Å². The SMILES string of the molecule is CCOc1cc(C(=O)NC2CC(c3ccccc3)C2)ccc1OCC(=O)O. The Hall–Kier alpha value is -3.02. The summed E-state index contributed by atoms with van der Waals surface area (Å²) < 4.78 is 10.7. The molecule has 1 amide bonds. The molecule has 1 fully saturated rings. The molecular weight excluding hydrogens is 346 g/mol. The second kappa shape index (κ2) is 8.58. The van der Waals surface area contributed by atoms with Gasteiger partial charge in [0.05, 0.1) is 6.61 Å². The number of benzene rings is 2. The van der Waals surface area contributed by atoms with Crippen LogP contribution < -0.4 is 14.8 Å². The maximum absolute atomic E-state index is 12.5. The van der Waals surface area contributed by atoms with Crippen molar-refractivity contribution in [2.45, 2.75) is 31.7 Å². The van der Waals surface area contributed by atoms with Gasteiger partial charge in [-0.3, -0.25) is 4.79 Å². The van der Waals surface area contributed by atoms with E-state index in [1.165, 1.54) is 5.56 Å². The molecule has 6 nitrogen and oxygen atoms in total. The van der Waals surface area contributed by atoms with Gasteiger partial charge in [0.15, 0.2) is 18.1 Å². The van der Waals surface area contributed by atoms with E-state index in [0.29, 0.717) is 29.6 Å². The number of ether oxygens (including phenoxy) is 2. The number of carboxylic acids is 1. The van der Waals surface area contributed by atoms with Crippen LogP contribution in [0.2, 0.25) is 0 Å². The zero-order valence-corrected chi connectivity index (χ0v) is 15.2. The van der Waals surface area contributed by atoms with Crippen LogP contribution in [0.1, 0.15) is 41.6 Å². The van der Waals surface area contributed by atoms with Crippen molar-refractivity contribution in [2.24, 2.45) is 0 Å².